The number of rotatable bonds is 6. The Morgan fingerprint density at radius 3 is 2.12 bits per heavy atom. The van der Waals surface area contributed by atoms with E-state index in [1.165, 1.54) is 0 Å². The van der Waals surface area contributed by atoms with Gasteiger partial charge in [0.25, 0.3) is 0 Å². The molecule has 2 aromatic rings. The Morgan fingerprint density at radius 2 is 1.52 bits per heavy atom. The van der Waals surface area contributed by atoms with E-state index in [4.69, 9.17) is 23.2 Å². The topological polar surface area (TPSA) is 61.4 Å². The van der Waals surface area contributed by atoms with Crippen molar-refractivity contribution >= 4 is 69.0 Å². The van der Waals surface area contributed by atoms with Gasteiger partial charge in [-0.2, -0.15) is 0 Å². The fourth-order valence-corrected chi connectivity index (χ4v) is 3.11. The molecule has 5 nitrogen and oxygen atoms in total. The number of carbonyl (C=O) groups excluding carboxylic acids is 2. The molecule has 0 radical (unpaired) electrons. The molecule has 0 heterocycles. The molecule has 2 rings (SSSR count). The van der Waals surface area contributed by atoms with Gasteiger partial charge in [0.15, 0.2) is 0 Å². The number of hydrogen-bond donors (Lipinski definition) is 2. The Kier molecular flexibility index (Phi) is 7.49. The lowest BCUT2D eigenvalue weighted by molar-refractivity contribution is -0.119. The van der Waals surface area contributed by atoms with Crippen LogP contribution in [0.1, 0.15) is 0 Å². The molecule has 0 bridgehead atoms. The van der Waals surface area contributed by atoms with Crippen LogP contribution in [0.25, 0.3) is 0 Å². The highest BCUT2D eigenvalue weighted by Crippen LogP contribution is 2.29. The first-order valence-electron chi connectivity index (χ1n) is 7.33. The van der Waals surface area contributed by atoms with Gasteiger partial charge in [0, 0.05) is 3.57 Å². The number of amides is 2. The van der Waals surface area contributed by atoms with Crippen LogP contribution in [0.4, 0.5) is 11.4 Å². The number of nitrogens with one attached hydrogen (secondary N) is 2. The maximum absolute atomic E-state index is 12.1. The molecule has 0 aromatic heterocycles. The summed E-state index contributed by atoms with van der Waals surface area (Å²) in [5.41, 5.74) is 1.11. The third kappa shape index (κ3) is 6.14. The van der Waals surface area contributed by atoms with Crippen LogP contribution in [-0.4, -0.2) is 36.9 Å². The average molecular weight is 492 g/mol. The van der Waals surface area contributed by atoms with Crippen molar-refractivity contribution in [2.75, 3.05) is 30.8 Å². The van der Waals surface area contributed by atoms with Crippen LogP contribution in [0.5, 0.6) is 0 Å². The largest absolute Gasteiger partial charge is 0.324 e. The van der Waals surface area contributed by atoms with Crippen LogP contribution < -0.4 is 10.6 Å². The van der Waals surface area contributed by atoms with Crippen molar-refractivity contribution in [1.29, 1.82) is 0 Å². The molecule has 0 aliphatic rings. The molecule has 0 aliphatic heterocycles. The van der Waals surface area contributed by atoms with E-state index in [1.54, 1.807) is 30.1 Å². The van der Waals surface area contributed by atoms with Crippen molar-refractivity contribution in [3.05, 3.63) is 56.1 Å². The van der Waals surface area contributed by atoms with E-state index in [1.807, 2.05) is 24.3 Å². The minimum Gasteiger partial charge on any atom is -0.324 e. The number of anilines is 2. The monoisotopic (exact) mass is 491 g/mol. The van der Waals surface area contributed by atoms with Crippen molar-refractivity contribution in [1.82, 2.24) is 4.90 Å². The molecule has 2 N–H and O–H groups in total. The SMILES string of the molecule is CN(CC(=O)Nc1ccccc1I)CC(=O)Nc1c(Cl)cccc1Cl. The number of nitrogens with zero attached hydrogens (tertiary/aromatic N) is 1. The summed E-state index contributed by atoms with van der Waals surface area (Å²) in [5, 5.41) is 6.21. The molecule has 0 saturated carbocycles. The summed E-state index contributed by atoms with van der Waals surface area (Å²) >= 11 is 14.2. The smallest absolute Gasteiger partial charge is 0.238 e. The zero-order valence-corrected chi connectivity index (χ0v) is 17.0. The van der Waals surface area contributed by atoms with Gasteiger partial charge in [0.1, 0.15) is 0 Å². The van der Waals surface area contributed by atoms with E-state index in [0.29, 0.717) is 15.7 Å². The molecule has 0 fully saturated rings. The Labute approximate surface area is 169 Å². The molecule has 8 heteroatoms. The second-order valence-corrected chi connectivity index (χ2v) is 7.32. The first-order chi connectivity index (χ1) is 11.9. The molecular weight excluding hydrogens is 476 g/mol. The van der Waals surface area contributed by atoms with Crippen LogP contribution in [0.2, 0.25) is 10.0 Å². The van der Waals surface area contributed by atoms with E-state index >= 15 is 0 Å². The quantitative estimate of drug-likeness (QED) is 0.598. The number of benzene rings is 2. The molecule has 132 valence electrons. The summed E-state index contributed by atoms with van der Waals surface area (Å²) in [6.07, 6.45) is 0. The third-order valence-electron chi connectivity index (χ3n) is 3.20. The van der Waals surface area contributed by atoms with Crippen LogP contribution in [-0.2, 0) is 9.59 Å². The van der Waals surface area contributed by atoms with Crippen LogP contribution in [0.15, 0.2) is 42.5 Å². The molecule has 2 aromatic carbocycles. The van der Waals surface area contributed by atoms with Gasteiger partial charge in [0.05, 0.1) is 34.5 Å². The summed E-state index contributed by atoms with van der Waals surface area (Å²) in [6.45, 7) is 0.107. The predicted octanol–water partition coefficient (Wildman–Crippen LogP) is 4.11. The second kappa shape index (κ2) is 9.38. The Balaban J connectivity index is 1.87. The zero-order valence-electron chi connectivity index (χ0n) is 13.4. The number of halogens is 3. The van der Waals surface area contributed by atoms with E-state index in [9.17, 15) is 9.59 Å². The Bertz CT molecular complexity index is 766. The van der Waals surface area contributed by atoms with Gasteiger partial charge in [-0.3, -0.25) is 14.5 Å². The predicted molar refractivity (Wildman–Crippen MR) is 110 cm³/mol. The van der Waals surface area contributed by atoms with Crippen molar-refractivity contribution in [2.45, 2.75) is 0 Å². The average Bonchev–Trinajstić information content (AvgIpc) is 2.53. The third-order valence-corrected chi connectivity index (χ3v) is 4.77. The lowest BCUT2D eigenvalue weighted by atomic mass is 10.3. The molecule has 0 saturated heterocycles. The summed E-state index contributed by atoms with van der Waals surface area (Å²) in [4.78, 5) is 25.8. The van der Waals surface area contributed by atoms with Crippen LogP contribution >= 0.6 is 45.8 Å². The minimum absolute atomic E-state index is 0.0286. The summed E-state index contributed by atoms with van der Waals surface area (Å²) in [7, 11) is 1.68. The highest BCUT2D eigenvalue weighted by Gasteiger charge is 2.14. The van der Waals surface area contributed by atoms with Crippen molar-refractivity contribution < 1.29 is 9.59 Å². The van der Waals surface area contributed by atoms with Crippen molar-refractivity contribution in [2.24, 2.45) is 0 Å². The van der Waals surface area contributed by atoms with Gasteiger partial charge in [-0.25, -0.2) is 0 Å². The molecule has 0 unspecified atom stereocenters. The van der Waals surface area contributed by atoms with Gasteiger partial charge in [-0.15, -0.1) is 0 Å². The molecular formula is C17H16Cl2IN3O2. The van der Waals surface area contributed by atoms with Gasteiger partial charge < -0.3 is 10.6 Å². The molecule has 2 amide bonds. The fraction of sp³-hybridized carbons (Fsp3) is 0.176. The maximum Gasteiger partial charge on any atom is 0.238 e. The number of likely N-dealkylation sites (N-methyl/N-ethyl adjacent to an activating group) is 1. The van der Waals surface area contributed by atoms with Gasteiger partial charge in [-0.05, 0) is 53.9 Å². The maximum atomic E-state index is 12.1. The Morgan fingerprint density at radius 1 is 0.960 bits per heavy atom. The van der Waals surface area contributed by atoms with Crippen LogP contribution in [0.3, 0.4) is 0 Å². The van der Waals surface area contributed by atoms with E-state index < -0.39 is 0 Å². The molecule has 0 atom stereocenters. The number of para-hydroxylation sites is 2. The molecule has 0 aliphatic carbocycles. The van der Waals surface area contributed by atoms with E-state index in [2.05, 4.69) is 33.2 Å². The summed E-state index contributed by atoms with van der Waals surface area (Å²) in [5.74, 6) is -0.505. The number of carbonyl (C=O) groups is 2. The highest BCUT2D eigenvalue weighted by atomic mass is 127. The van der Waals surface area contributed by atoms with Gasteiger partial charge in [0.2, 0.25) is 11.8 Å². The number of hydrogen-bond acceptors (Lipinski definition) is 3. The minimum atomic E-state index is -0.306. The van der Waals surface area contributed by atoms with Crippen LogP contribution in [0, 0.1) is 3.57 Å². The first-order valence-corrected chi connectivity index (χ1v) is 9.17. The normalized spacial score (nSPS) is 10.6. The lowest BCUT2D eigenvalue weighted by Crippen LogP contribution is -2.36. The van der Waals surface area contributed by atoms with Crippen molar-refractivity contribution in [3.63, 3.8) is 0 Å². The second-order valence-electron chi connectivity index (χ2n) is 5.35. The lowest BCUT2D eigenvalue weighted by Gasteiger charge is -2.17. The summed E-state index contributed by atoms with van der Waals surface area (Å²) < 4.78 is 0.946. The van der Waals surface area contributed by atoms with Crippen molar-refractivity contribution in [3.8, 4) is 0 Å². The Hall–Kier alpha value is -1.35. The van der Waals surface area contributed by atoms with E-state index in [0.717, 1.165) is 9.26 Å². The zero-order chi connectivity index (χ0) is 18.4. The highest BCUT2D eigenvalue weighted by molar-refractivity contribution is 14.1. The molecule has 25 heavy (non-hydrogen) atoms. The van der Waals surface area contributed by atoms with E-state index in [-0.39, 0.29) is 24.9 Å². The standard InChI is InChI=1S/C17H16Cl2IN3O2/c1-23(9-15(24)21-14-8-3-2-7-13(14)20)10-16(25)22-17-11(18)5-4-6-12(17)19/h2-8H,9-10H2,1H3,(H,21,24)(H,22,25). The van der Waals surface area contributed by atoms with Gasteiger partial charge >= 0.3 is 0 Å². The fourth-order valence-electron chi connectivity index (χ4n) is 2.09. The first kappa shape index (κ1) is 20.0. The summed E-state index contributed by atoms with van der Waals surface area (Å²) in [6, 6.07) is 12.5. The molecule has 0 spiro atoms. The van der Waals surface area contributed by atoms with Gasteiger partial charge in [-0.1, -0.05) is 41.4 Å².